The standard InChI is InChI=1S/C24H24ClN5O/c1-28(23(31)13-8-18-14-26-29(2)15-18)16-20-17-30(22-6-4-3-5-7-22)27-24(20)19-9-11-21(25)12-10-19/h3-7,9-12,14-15,17H,8,13,16H2,1-2H3. The molecule has 0 bridgehead atoms. The average Bonchev–Trinajstić information content (AvgIpc) is 3.39. The van der Waals surface area contributed by atoms with Crippen molar-refractivity contribution in [2.75, 3.05) is 7.05 Å². The summed E-state index contributed by atoms with van der Waals surface area (Å²) in [6, 6.07) is 17.6. The highest BCUT2D eigenvalue weighted by molar-refractivity contribution is 6.30. The van der Waals surface area contributed by atoms with E-state index in [0.29, 0.717) is 24.4 Å². The van der Waals surface area contributed by atoms with Crippen molar-refractivity contribution >= 4 is 17.5 Å². The maximum Gasteiger partial charge on any atom is 0.222 e. The van der Waals surface area contributed by atoms with Crippen LogP contribution in [0.25, 0.3) is 16.9 Å². The Kier molecular flexibility index (Phi) is 6.18. The van der Waals surface area contributed by atoms with Gasteiger partial charge < -0.3 is 4.90 Å². The highest BCUT2D eigenvalue weighted by Crippen LogP contribution is 2.26. The van der Waals surface area contributed by atoms with Crippen LogP contribution in [0.5, 0.6) is 0 Å². The molecular weight excluding hydrogens is 410 g/mol. The average molecular weight is 434 g/mol. The van der Waals surface area contributed by atoms with E-state index in [2.05, 4.69) is 5.10 Å². The van der Waals surface area contributed by atoms with E-state index in [4.69, 9.17) is 16.7 Å². The maximum absolute atomic E-state index is 12.8. The molecule has 0 aliphatic heterocycles. The zero-order valence-electron chi connectivity index (χ0n) is 17.6. The Bertz CT molecular complexity index is 1160. The molecule has 0 spiro atoms. The van der Waals surface area contributed by atoms with Crippen LogP contribution < -0.4 is 0 Å². The van der Waals surface area contributed by atoms with E-state index in [1.54, 1.807) is 15.8 Å². The molecule has 0 aliphatic rings. The lowest BCUT2D eigenvalue weighted by molar-refractivity contribution is -0.130. The number of halogens is 1. The Morgan fingerprint density at radius 1 is 1.06 bits per heavy atom. The van der Waals surface area contributed by atoms with Crippen molar-refractivity contribution < 1.29 is 4.79 Å². The number of aryl methyl sites for hydroxylation is 2. The van der Waals surface area contributed by atoms with Gasteiger partial charge >= 0.3 is 0 Å². The van der Waals surface area contributed by atoms with Crippen molar-refractivity contribution in [2.24, 2.45) is 7.05 Å². The highest BCUT2D eigenvalue weighted by atomic mass is 35.5. The van der Waals surface area contributed by atoms with Gasteiger partial charge in [0, 0.05) is 55.6 Å². The largest absolute Gasteiger partial charge is 0.341 e. The van der Waals surface area contributed by atoms with Gasteiger partial charge in [0.25, 0.3) is 0 Å². The number of hydrogen-bond acceptors (Lipinski definition) is 3. The van der Waals surface area contributed by atoms with Gasteiger partial charge in [-0.15, -0.1) is 0 Å². The second kappa shape index (κ2) is 9.18. The van der Waals surface area contributed by atoms with Crippen LogP contribution in [0.2, 0.25) is 5.02 Å². The first-order valence-electron chi connectivity index (χ1n) is 10.1. The Morgan fingerprint density at radius 3 is 2.48 bits per heavy atom. The Balaban J connectivity index is 1.56. The Hall–Kier alpha value is -3.38. The number of rotatable bonds is 7. The number of aromatic nitrogens is 4. The molecule has 0 unspecified atom stereocenters. The summed E-state index contributed by atoms with van der Waals surface area (Å²) in [5.41, 5.74) is 4.80. The first kappa shape index (κ1) is 20.9. The first-order chi connectivity index (χ1) is 15.0. The molecule has 2 heterocycles. The molecule has 0 aliphatic carbocycles. The molecule has 4 rings (SSSR count). The van der Waals surface area contributed by atoms with Gasteiger partial charge in [-0.1, -0.05) is 41.9 Å². The number of amides is 1. The minimum absolute atomic E-state index is 0.0818. The molecule has 4 aromatic rings. The minimum atomic E-state index is 0.0818. The zero-order valence-corrected chi connectivity index (χ0v) is 18.3. The van der Waals surface area contributed by atoms with Crippen LogP contribution in [0, 0.1) is 0 Å². The summed E-state index contributed by atoms with van der Waals surface area (Å²) in [6.07, 6.45) is 6.84. The summed E-state index contributed by atoms with van der Waals surface area (Å²) < 4.78 is 3.60. The predicted octanol–water partition coefficient (Wildman–Crippen LogP) is 4.52. The Morgan fingerprint density at radius 2 is 1.81 bits per heavy atom. The van der Waals surface area contributed by atoms with E-state index in [9.17, 15) is 4.79 Å². The molecular formula is C24H24ClN5O. The summed E-state index contributed by atoms with van der Waals surface area (Å²) in [6.45, 7) is 0.469. The smallest absolute Gasteiger partial charge is 0.222 e. The number of para-hydroxylation sites is 1. The van der Waals surface area contributed by atoms with E-state index >= 15 is 0 Å². The first-order valence-corrected chi connectivity index (χ1v) is 10.5. The fourth-order valence-corrected chi connectivity index (χ4v) is 3.60. The third-order valence-corrected chi connectivity index (χ3v) is 5.40. The van der Waals surface area contributed by atoms with Crippen molar-refractivity contribution in [1.82, 2.24) is 24.5 Å². The van der Waals surface area contributed by atoms with Crippen molar-refractivity contribution in [2.45, 2.75) is 19.4 Å². The Labute approximate surface area is 186 Å². The van der Waals surface area contributed by atoms with Gasteiger partial charge in [0.15, 0.2) is 0 Å². The van der Waals surface area contributed by atoms with E-state index in [0.717, 1.165) is 28.1 Å². The van der Waals surface area contributed by atoms with Crippen LogP contribution in [0.4, 0.5) is 0 Å². The fourth-order valence-electron chi connectivity index (χ4n) is 3.48. The topological polar surface area (TPSA) is 56.0 Å². The number of carbonyl (C=O) groups excluding carboxylic acids is 1. The van der Waals surface area contributed by atoms with Crippen molar-refractivity contribution in [3.05, 3.63) is 89.3 Å². The van der Waals surface area contributed by atoms with Gasteiger partial charge in [0.05, 0.1) is 17.6 Å². The third-order valence-electron chi connectivity index (χ3n) is 5.15. The second-order valence-corrected chi connectivity index (χ2v) is 8.00. The van der Waals surface area contributed by atoms with Crippen molar-refractivity contribution in [1.29, 1.82) is 0 Å². The lowest BCUT2D eigenvalue weighted by Crippen LogP contribution is -2.26. The van der Waals surface area contributed by atoms with E-state index in [1.807, 2.05) is 85.8 Å². The van der Waals surface area contributed by atoms with E-state index < -0.39 is 0 Å². The molecule has 0 radical (unpaired) electrons. The van der Waals surface area contributed by atoms with Crippen LogP contribution in [-0.4, -0.2) is 37.4 Å². The number of nitrogens with zero attached hydrogens (tertiary/aromatic N) is 5. The SMILES string of the molecule is CN(Cc1cn(-c2ccccc2)nc1-c1ccc(Cl)cc1)C(=O)CCc1cnn(C)c1. The van der Waals surface area contributed by atoms with Gasteiger partial charge in [-0.2, -0.15) is 10.2 Å². The van der Waals surface area contributed by atoms with Crippen molar-refractivity contribution in [3.8, 4) is 16.9 Å². The van der Waals surface area contributed by atoms with Crippen molar-refractivity contribution in [3.63, 3.8) is 0 Å². The number of hydrogen-bond donors (Lipinski definition) is 0. The molecule has 0 atom stereocenters. The molecule has 31 heavy (non-hydrogen) atoms. The lowest BCUT2D eigenvalue weighted by Gasteiger charge is -2.17. The molecule has 0 N–H and O–H groups in total. The fraction of sp³-hybridized carbons (Fsp3) is 0.208. The van der Waals surface area contributed by atoms with Crippen LogP contribution in [-0.2, 0) is 24.8 Å². The predicted molar refractivity (Wildman–Crippen MR) is 122 cm³/mol. The van der Waals surface area contributed by atoms with Gasteiger partial charge in [0.1, 0.15) is 0 Å². The summed E-state index contributed by atoms with van der Waals surface area (Å²) in [5.74, 6) is 0.0818. The molecule has 7 heteroatoms. The summed E-state index contributed by atoms with van der Waals surface area (Å²) in [7, 11) is 3.71. The second-order valence-electron chi connectivity index (χ2n) is 7.56. The monoisotopic (exact) mass is 433 g/mol. The zero-order chi connectivity index (χ0) is 21.8. The third kappa shape index (κ3) is 5.03. The van der Waals surface area contributed by atoms with Gasteiger partial charge in [0.2, 0.25) is 5.91 Å². The van der Waals surface area contributed by atoms with Crippen LogP contribution in [0.1, 0.15) is 17.5 Å². The molecule has 0 saturated carbocycles. The summed E-state index contributed by atoms with van der Waals surface area (Å²) in [4.78, 5) is 14.5. The quantitative estimate of drug-likeness (QED) is 0.430. The molecule has 2 aromatic heterocycles. The molecule has 0 fully saturated rings. The van der Waals surface area contributed by atoms with Crippen LogP contribution >= 0.6 is 11.6 Å². The molecule has 1 amide bonds. The normalized spacial score (nSPS) is 10.9. The number of carbonyl (C=O) groups is 1. The minimum Gasteiger partial charge on any atom is -0.341 e. The summed E-state index contributed by atoms with van der Waals surface area (Å²) in [5, 5.41) is 9.65. The van der Waals surface area contributed by atoms with Crippen LogP contribution in [0.3, 0.4) is 0 Å². The highest BCUT2D eigenvalue weighted by Gasteiger charge is 2.17. The maximum atomic E-state index is 12.8. The van der Waals surface area contributed by atoms with Gasteiger partial charge in [-0.25, -0.2) is 4.68 Å². The molecule has 158 valence electrons. The molecule has 0 saturated heterocycles. The molecule has 6 nitrogen and oxygen atoms in total. The number of benzene rings is 2. The summed E-state index contributed by atoms with van der Waals surface area (Å²) >= 11 is 6.07. The van der Waals surface area contributed by atoms with Gasteiger partial charge in [-0.3, -0.25) is 9.48 Å². The lowest BCUT2D eigenvalue weighted by atomic mass is 10.1. The van der Waals surface area contributed by atoms with Gasteiger partial charge in [-0.05, 0) is 36.2 Å². The van der Waals surface area contributed by atoms with Crippen LogP contribution in [0.15, 0.2) is 73.2 Å². The van der Waals surface area contributed by atoms with E-state index in [-0.39, 0.29) is 5.91 Å². The molecule has 2 aromatic carbocycles. The van der Waals surface area contributed by atoms with E-state index in [1.165, 1.54) is 0 Å².